The zero-order valence-electron chi connectivity index (χ0n) is 10.7. The van der Waals surface area contributed by atoms with Crippen molar-refractivity contribution in [2.45, 2.75) is 6.10 Å². The van der Waals surface area contributed by atoms with Gasteiger partial charge >= 0.3 is 0 Å². The normalized spacial score (nSPS) is 12.6. The molecule has 0 bridgehead atoms. The number of rotatable bonds is 2. The van der Waals surface area contributed by atoms with E-state index in [2.05, 4.69) is 4.98 Å². The SMILES string of the molecule is OC(c1cc(F)cc(F)c1)c1ccc(Cl)c2cccnc12. The summed E-state index contributed by atoms with van der Waals surface area (Å²) in [6.07, 6.45) is 0.381. The van der Waals surface area contributed by atoms with Crippen molar-refractivity contribution >= 4 is 22.5 Å². The van der Waals surface area contributed by atoms with E-state index in [1.54, 1.807) is 30.5 Å². The lowest BCUT2D eigenvalue weighted by molar-refractivity contribution is 0.220. The van der Waals surface area contributed by atoms with Gasteiger partial charge in [-0.3, -0.25) is 4.98 Å². The van der Waals surface area contributed by atoms with E-state index in [0.29, 0.717) is 21.5 Å². The first kappa shape index (κ1) is 13.9. The fourth-order valence-electron chi connectivity index (χ4n) is 2.29. The van der Waals surface area contributed by atoms with Crippen LogP contribution in [0.1, 0.15) is 17.2 Å². The second kappa shape index (κ2) is 5.39. The number of aromatic nitrogens is 1. The van der Waals surface area contributed by atoms with Gasteiger partial charge in [-0.15, -0.1) is 0 Å². The van der Waals surface area contributed by atoms with Gasteiger partial charge in [0.05, 0.1) is 5.52 Å². The van der Waals surface area contributed by atoms with Crippen molar-refractivity contribution in [3.05, 3.63) is 76.4 Å². The predicted molar refractivity (Wildman–Crippen MR) is 77.2 cm³/mol. The Morgan fingerprint density at radius 1 is 1.05 bits per heavy atom. The summed E-state index contributed by atoms with van der Waals surface area (Å²) in [6.45, 7) is 0. The van der Waals surface area contributed by atoms with Gasteiger partial charge in [-0.25, -0.2) is 8.78 Å². The molecule has 1 aromatic heterocycles. The summed E-state index contributed by atoms with van der Waals surface area (Å²) in [6, 6.07) is 9.67. The molecule has 0 saturated carbocycles. The molecule has 1 atom stereocenters. The third-order valence-corrected chi connectivity index (χ3v) is 3.57. The molecule has 0 radical (unpaired) electrons. The molecular formula is C16H10ClF2NO. The van der Waals surface area contributed by atoms with Crippen molar-refractivity contribution in [1.82, 2.24) is 4.98 Å². The van der Waals surface area contributed by atoms with Gasteiger partial charge in [-0.2, -0.15) is 0 Å². The third kappa shape index (κ3) is 2.60. The number of aliphatic hydroxyl groups is 1. The Morgan fingerprint density at radius 2 is 1.76 bits per heavy atom. The topological polar surface area (TPSA) is 33.1 Å². The van der Waals surface area contributed by atoms with E-state index in [4.69, 9.17) is 11.6 Å². The van der Waals surface area contributed by atoms with Gasteiger partial charge in [0, 0.05) is 28.2 Å². The monoisotopic (exact) mass is 305 g/mol. The highest BCUT2D eigenvalue weighted by Crippen LogP contribution is 2.31. The van der Waals surface area contributed by atoms with Crippen LogP contribution < -0.4 is 0 Å². The first-order chi connectivity index (χ1) is 10.1. The van der Waals surface area contributed by atoms with E-state index < -0.39 is 17.7 Å². The fraction of sp³-hybridized carbons (Fsp3) is 0.0625. The molecule has 0 aliphatic heterocycles. The van der Waals surface area contributed by atoms with Crippen molar-refractivity contribution in [1.29, 1.82) is 0 Å². The quantitative estimate of drug-likeness (QED) is 0.768. The van der Waals surface area contributed by atoms with E-state index in [1.165, 1.54) is 0 Å². The molecule has 2 nitrogen and oxygen atoms in total. The van der Waals surface area contributed by atoms with Gasteiger partial charge in [-0.05, 0) is 35.9 Å². The predicted octanol–water partition coefficient (Wildman–Crippen LogP) is 4.25. The van der Waals surface area contributed by atoms with Crippen LogP contribution in [0, 0.1) is 11.6 Å². The van der Waals surface area contributed by atoms with Crippen LogP contribution >= 0.6 is 11.6 Å². The van der Waals surface area contributed by atoms with Gasteiger partial charge in [0.2, 0.25) is 0 Å². The molecule has 21 heavy (non-hydrogen) atoms. The Bertz CT molecular complexity index is 802. The Hall–Kier alpha value is -2.04. The lowest BCUT2D eigenvalue weighted by Crippen LogP contribution is -2.03. The first-order valence-electron chi connectivity index (χ1n) is 6.23. The minimum Gasteiger partial charge on any atom is -0.384 e. The zero-order valence-corrected chi connectivity index (χ0v) is 11.5. The summed E-state index contributed by atoms with van der Waals surface area (Å²) in [5.74, 6) is -1.48. The molecule has 0 saturated heterocycles. The van der Waals surface area contributed by atoms with Crippen LogP contribution in [0.2, 0.25) is 5.02 Å². The fourth-order valence-corrected chi connectivity index (χ4v) is 2.51. The second-order valence-corrected chi connectivity index (χ2v) is 5.05. The molecule has 1 heterocycles. The van der Waals surface area contributed by atoms with E-state index >= 15 is 0 Å². The van der Waals surface area contributed by atoms with Gasteiger partial charge in [0.15, 0.2) is 0 Å². The summed E-state index contributed by atoms with van der Waals surface area (Å²) < 4.78 is 26.6. The number of hydrogen-bond donors (Lipinski definition) is 1. The maximum absolute atomic E-state index is 13.3. The molecule has 1 unspecified atom stereocenters. The average Bonchev–Trinajstić information content (AvgIpc) is 2.46. The second-order valence-electron chi connectivity index (χ2n) is 4.64. The third-order valence-electron chi connectivity index (χ3n) is 3.24. The van der Waals surface area contributed by atoms with E-state index in [-0.39, 0.29) is 5.56 Å². The molecule has 3 aromatic rings. The van der Waals surface area contributed by atoms with Crippen molar-refractivity contribution in [2.75, 3.05) is 0 Å². The van der Waals surface area contributed by atoms with Crippen LogP contribution in [0.3, 0.4) is 0 Å². The Balaban J connectivity index is 2.18. The highest BCUT2D eigenvalue weighted by Gasteiger charge is 2.17. The molecule has 2 aromatic carbocycles. The lowest BCUT2D eigenvalue weighted by atomic mass is 9.98. The largest absolute Gasteiger partial charge is 0.384 e. The van der Waals surface area contributed by atoms with Crippen molar-refractivity contribution < 1.29 is 13.9 Å². The number of nitrogens with zero attached hydrogens (tertiary/aromatic N) is 1. The molecule has 0 aliphatic rings. The summed E-state index contributed by atoms with van der Waals surface area (Å²) >= 11 is 6.09. The van der Waals surface area contributed by atoms with Crippen LogP contribution in [-0.2, 0) is 0 Å². The summed E-state index contributed by atoms with van der Waals surface area (Å²) in [5.41, 5.74) is 1.07. The van der Waals surface area contributed by atoms with Crippen LogP contribution in [0.15, 0.2) is 48.7 Å². The smallest absolute Gasteiger partial charge is 0.126 e. The van der Waals surface area contributed by atoms with Gasteiger partial charge < -0.3 is 5.11 Å². The maximum atomic E-state index is 13.3. The lowest BCUT2D eigenvalue weighted by Gasteiger charge is -2.14. The minimum atomic E-state index is -1.19. The van der Waals surface area contributed by atoms with E-state index in [1.807, 2.05) is 0 Å². The van der Waals surface area contributed by atoms with Crippen molar-refractivity contribution in [2.24, 2.45) is 0 Å². The Labute approximate surface area is 124 Å². The van der Waals surface area contributed by atoms with Crippen LogP contribution in [0.4, 0.5) is 8.78 Å². The van der Waals surface area contributed by atoms with Crippen LogP contribution in [-0.4, -0.2) is 10.1 Å². The molecule has 5 heteroatoms. The highest BCUT2D eigenvalue weighted by molar-refractivity contribution is 6.35. The molecule has 0 spiro atoms. The summed E-state index contributed by atoms with van der Waals surface area (Å²) in [7, 11) is 0. The van der Waals surface area contributed by atoms with E-state index in [0.717, 1.165) is 18.2 Å². The summed E-state index contributed by atoms with van der Waals surface area (Å²) in [5, 5.41) is 11.6. The van der Waals surface area contributed by atoms with Crippen LogP contribution in [0.25, 0.3) is 10.9 Å². The number of benzene rings is 2. The molecule has 3 rings (SSSR count). The standard InChI is InChI=1S/C16H10ClF2NO/c17-14-4-3-13(15-12(14)2-1-5-20-15)16(21)9-6-10(18)8-11(19)7-9/h1-8,16,21H. The maximum Gasteiger partial charge on any atom is 0.126 e. The van der Waals surface area contributed by atoms with Gasteiger partial charge in [0.25, 0.3) is 0 Å². The van der Waals surface area contributed by atoms with Gasteiger partial charge in [-0.1, -0.05) is 17.7 Å². The average molecular weight is 306 g/mol. The Kier molecular flexibility index (Phi) is 3.57. The molecule has 0 fully saturated rings. The van der Waals surface area contributed by atoms with Crippen LogP contribution in [0.5, 0.6) is 0 Å². The number of hydrogen-bond acceptors (Lipinski definition) is 2. The number of pyridine rings is 1. The highest BCUT2D eigenvalue weighted by atomic mass is 35.5. The molecule has 1 N–H and O–H groups in total. The van der Waals surface area contributed by atoms with E-state index in [9.17, 15) is 13.9 Å². The molecule has 0 amide bonds. The number of aliphatic hydroxyl groups excluding tert-OH is 1. The molecule has 106 valence electrons. The van der Waals surface area contributed by atoms with Gasteiger partial charge in [0.1, 0.15) is 17.7 Å². The summed E-state index contributed by atoms with van der Waals surface area (Å²) in [4.78, 5) is 4.20. The minimum absolute atomic E-state index is 0.127. The Morgan fingerprint density at radius 3 is 2.48 bits per heavy atom. The number of halogens is 3. The zero-order chi connectivity index (χ0) is 15.0. The van der Waals surface area contributed by atoms with Crippen molar-refractivity contribution in [3.8, 4) is 0 Å². The first-order valence-corrected chi connectivity index (χ1v) is 6.61. The molecule has 0 aliphatic carbocycles. The molecular weight excluding hydrogens is 296 g/mol. The number of fused-ring (bicyclic) bond motifs is 1. The van der Waals surface area contributed by atoms with Crippen molar-refractivity contribution in [3.63, 3.8) is 0 Å².